The molecular weight excluding hydrogens is 265 g/mol. The molecule has 1 saturated heterocycles. The summed E-state index contributed by atoms with van der Waals surface area (Å²) in [5.74, 6) is -0.214. The predicted molar refractivity (Wildman–Crippen MR) is 82.6 cm³/mol. The molecule has 1 heterocycles. The van der Waals surface area contributed by atoms with Gasteiger partial charge in [0.2, 0.25) is 0 Å². The Labute approximate surface area is 125 Å². The second-order valence-electron chi connectivity index (χ2n) is 5.59. The number of benzene rings is 2. The van der Waals surface area contributed by atoms with Gasteiger partial charge in [0.05, 0.1) is 12.7 Å². The fraction of sp³-hybridized carbons (Fsp3) is 0.333. The second-order valence-corrected chi connectivity index (χ2v) is 5.59. The molecule has 2 nitrogen and oxygen atoms in total. The number of ether oxygens (including phenoxy) is 1. The Morgan fingerprint density at radius 1 is 1.19 bits per heavy atom. The molecule has 3 rings (SSSR count). The molecule has 2 aromatic rings. The summed E-state index contributed by atoms with van der Waals surface area (Å²) in [5, 5.41) is 3.27. The minimum atomic E-state index is -0.214. The highest BCUT2D eigenvalue weighted by atomic mass is 19.1. The van der Waals surface area contributed by atoms with Gasteiger partial charge in [-0.2, -0.15) is 0 Å². The minimum absolute atomic E-state index is 0.214. The van der Waals surface area contributed by atoms with E-state index in [1.807, 2.05) is 6.07 Å². The molecule has 0 amide bonds. The van der Waals surface area contributed by atoms with Crippen LogP contribution < -0.4 is 5.32 Å². The Morgan fingerprint density at radius 3 is 2.71 bits per heavy atom. The molecule has 0 radical (unpaired) electrons. The molecule has 3 heteroatoms. The summed E-state index contributed by atoms with van der Waals surface area (Å²) in [6.07, 6.45) is 1.26. The lowest BCUT2D eigenvalue weighted by molar-refractivity contribution is 0.0543. The molecule has 0 aliphatic carbocycles. The minimum Gasteiger partial charge on any atom is -0.372 e. The van der Waals surface area contributed by atoms with Gasteiger partial charge in [0.1, 0.15) is 5.82 Å². The van der Waals surface area contributed by atoms with Crippen LogP contribution in [0.1, 0.15) is 17.5 Å². The lowest BCUT2D eigenvalue weighted by atomic mass is 9.99. The highest BCUT2D eigenvalue weighted by molar-refractivity contribution is 5.67. The summed E-state index contributed by atoms with van der Waals surface area (Å²) in [6, 6.07) is 13.2. The average molecular weight is 285 g/mol. The SMILES string of the molecule is Cc1ccc(-c2ccc(F)cc2COC2CCNC2)cc1. The summed E-state index contributed by atoms with van der Waals surface area (Å²) in [5.41, 5.74) is 4.27. The Morgan fingerprint density at radius 2 is 2.00 bits per heavy atom. The third-order valence-corrected chi connectivity index (χ3v) is 3.92. The van der Waals surface area contributed by atoms with E-state index < -0.39 is 0 Å². The van der Waals surface area contributed by atoms with E-state index in [1.54, 1.807) is 6.07 Å². The molecule has 1 N–H and O–H groups in total. The van der Waals surface area contributed by atoms with Gasteiger partial charge in [0.25, 0.3) is 0 Å². The number of halogens is 1. The van der Waals surface area contributed by atoms with Crippen molar-refractivity contribution in [2.24, 2.45) is 0 Å². The third kappa shape index (κ3) is 3.49. The largest absolute Gasteiger partial charge is 0.372 e. The standard InChI is InChI=1S/C18H20FNO/c1-13-2-4-14(5-3-13)18-7-6-16(19)10-15(18)12-21-17-8-9-20-11-17/h2-7,10,17,20H,8-9,11-12H2,1H3. The number of aryl methyl sites for hydroxylation is 1. The molecule has 110 valence electrons. The van der Waals surface area contributed by atoms with E-state index in [1.165, 1.54) is 11.6 Å². The van der Waals surface area contributed by atoms with Gasteiger partial charge in [-0.1, -0.05) is 35.9 Å². The van der Waals surface area contributed by atoms with Crippen LogP contribution in [-0.4, -0.2) is 19.2 Å². The molecule has 0 bridgehead atoms. The van der Waals surface area contributed by atoms with Crippen LogP contribution >= 0.6 is 0 Å². The monoisotopic (exact) mass is 285 g/mol. The van der Waals surface area contributed by atoms with Crippen molar-refractivity contribution in [1.29, 1.82) is 0 Å². The van der Waals surface area contributed by atoms with Gasteiger partial charge >= 0.3 is 0 Å². The van der Waals surface area contributed by atoms with E-state index in [4.69, 9.17) is 4.74 Å². The van der Waals surface area contributed by atoms with Crippen molar-refractivity contribution in [3.8, 4) is 11.1 Å². The van der Waals surface area contributed by atoms with Gasteiger partial charge < -0.3 is 10.1 Å². The third-order valence-electron chi connectivity index (χ3n) is 3.92. The van der Waals surface area contributed by atoms with Gasteiger partial charge in [0.15, 0.2) is 0 Å². The van der Waals surface area contributed by atoms with Gasteiger partial charge in [-0.25, -0.2) is 4.39 Å². The zero-order chi connectivity index (χ0) is 14.7. The Kier molecular flexibility index (Phi) is 4.32. The van der Waals surface area contributed by atoms with Gasteiger partial charge in [-0.3, -0.25) is 0 Å². The summed E-state index contributed by atoms with van der Waals surface area (Å²) < 4.78 is 19.5. The first-order chi connectivity index (χ1) is 10.2. The maximum Gasteiger partial charge on any atom is 0.123 e. The van der Waals surface area contributed by atoms with E-state index in [9.17, 15) is 4.39 Å². The summed E-state index contributed by atoms with van der Waals surface area (Å²) in [6.45, 7) is 4.40. The maximum absolute atomic E-state index is 13.6. The van der Waals surface area contributed by atoms with Gasteiger partial charge in [-0.15, -0.1) is 0 Å². The lowest BCUT2D eigenvalue weighted by Crippen LogP contribution is -2.16. The van der Waals surface area contributed by atoms with Crippen LogP contribution in [0.25, 0.3) is 11.1 Å². The van der Waals surface area contributed by atoms with Gasteiger partial charge in [0, 0.05) is 6.54 Å². The zero-order valence-corrected chi connectivity index (χ0v) is 12.2. The maximum atomic E-state index is 13.6. The van der Waals surface area contributed by atoms with E-state index >= 15 is 0 Å². The second kappa shape index (κ2) is 6.37. The van der Waals surface area contributed by atoms with Crippen molar-refractivity contribution in [1.82, 2.24) is 5.32 Å². The Balaban J connectivity index is 1.83. The lowest BCUT2D eigenvalue weighted by Gasteiger charge is -2.14. The van der Waals surface area contributed by atoms with Crippen molar-refractivity contribution in [2.45, 2.75) is 26.1 Å². The Hall–Kier alpha value is -1.71. The van der Waals surface area contributed by atoms with E-state index in [0.29, 0.717) is 6.61 Å². The molecule has 2 aromatic carbocycles. The molecule has 1 atom stereocenters. The number of nitrogens with one attached hydrogen (secondary N) is 1. The predicted octanol–water partition coefficient (Wildman–Crippen LogP) is 3.68. The summed E-state index contributed by atoms with van der Waals surface area (Å²) in [4.78, 5) is 0. The van der Waals surface area contributed by atoms with E-state index in [-0.39, 0.29) is 11.9 Å². The molecule has 0 aromatic heterocycles. The van der Waals surface area contributed by atoms with Crippen LogP contribution in [-0.2, 0) is 11.3 Å². The van der Waals surface area contributed by atoms with Crippen molar-refractivity contribution < 1.29 is 9.13 Å². The molecule has 21 heavy (non-hydrogen) atoms. The molecule has 1 unspecified atom stereocenters. The normalized spacial score (nSPS) is 18.1. The smallest absolute Gasteiger partial charge is 0.123 e. The first-order valence-corrected chi connectivity index (χ1v) is 7.40. The van der Waals surface area contributed by atoms with Crippen molar-refractivity contribution in [3.63, 3.8) is 0 Å². The first kappa shape index (κ1) is 14.2. The quantitative estimate of drug-likeness (QED) is 0.925. The van der Waals surface area contributed by atoms with Crippen LogP contribution in [0.5, 0.6) is 0 Å². The molecule has 0 spiro atoms. The van der Waals surface area contributed by atoms with Crippen LogP contribution in [0.15, 0.2) is 42.5 Å². The fourth-order valence-electron chi connectivity index (χ4n) is 2.67. The van der Waals surface area contributed by atoms with Crippen LogP contribution in [0.3, 0.4) is 0 Å². The van der Waals surface area contributed by atoms with E-state index in [2.05, 4.69) is 36.5 Å². The van der Waals surface area contributed by atoms with Crippen LogP contribution in [0.2, 0.25) is 0 Å². The molecular formula is C18H20FNO. The highest BCUT2D eigenvalue weighted by Crippen LogP contribution is 2.26. The molecule has 1 aliphatic rings. The van der Waals surface area contributed by atoms with E-state index in [0.717, 1.165) is 36.2 Å². The highest BCUT2D eigenvalue weighted by Gasteiger charge is 2.16. The summed E-state index contributed by atoms with van der Waals surface area (Å²) in [7, 11) is 0. The fourth-order valence-corrected chi connectivity index (χ4v) is 2.67. The number of hydrogen-bond acceptors (Lipinski definition) is 2. The molecule has 1 aliphatic heterocycles. The molecule has 0 saturated carbocycles. The van der Waals surface area contributed by atoms with Crippen molar-refractivity contribution >= 4 is 0 Å². The average Bonchev–Trinajstić information content (AvgIpc) is 3.00. The van der Waals surface area contributed by atoms with Crippen molar-refractivity contribution in [3.05, 3.63) is 59.4 Å². The topological polar surface area (TPSA) is 21.3 Å². The van der Waals surface area contributed by atoms with Gasteiger partial charge in [-0.05, 0) is 48.7 Å². The number of hydrogen-bond donors (Lipinski definition) is 1. The van der Waals surface area contributed by atoms with Crippen LogP contribution in [0.4, 0.5) is 4.39 Å². The Bertz CT molecular complexity index is 603. The summed E-state index contributed by atoms with van der Waals surface area (Å²) >= 11 is 0. The first-order valence-electron chi connectivity index (χ1n) is 7.40. The molecule has 1 fully saturated rings. The van der Waals surface area contributed by atoms with Crippen LogP contribution in [0, 0.1) is 12.7 Å². The number of rotatable bonds is 4. The van der Waals surface area contributed by atoms with Crippen molar-refractivity contribution in [2.75, 3.05) is 13.1 Å². The zero-order valence-electron chi connectivity index (χ0n) is 12.2.